The van der Waals surface area contributed by atoms with Crippen molar-refractivity contribution in [3.8, 4) is 6.07 Å². The van der Waals surface area contributed by atoms with E-state index in [0.717, 1.165) is 36.1 Å². The smallest absolute Gasteiger partial charge is 0.351 e. The number of hydrogen-bond donors (Lipinski definition) is 1. The maximum absolute atomic E-state index is 12.5. The monoisotopic (exact) mass is 380 g/mol. The molecule has 25 heavy (non-hydrogen) atoms. The van der Waals surface area contributed by atoms with Gasteiger partial charge in [-0.2, -0.15) is 5.26 Å². The Morgan fingerprint density at radius 3 is 2.68 bits per heavy atom. The summed E-state index contributed by atoms with van der Waals surface area (Å²) >= 11 is 2.71. The lowest BCUT2D eigenvalue weighted by Gasteiger charge is -2.13. The Morgan fingerprint density at radius 2 is 2.08 bits per heavy atom. The molecule has 0 radical (unpaired) electrons. The van der Waals surface area contributed by atoms with Gasteiger partial charge in [-0.05, 0) is 44.4 Å². The first-order valence-corrected chi connectivity index (χ1v) is 9.96. The second-order valence-corrected chi connectivity index (χ2v) is 7.19. The van der Waals surface area contributed by atoms with E-state index < -0.39 is 5.97 Å². The molecule has 0 aromatic carbocycles. The molecule has 0 saturated carbocycles. The summed E-state index contributed by atoms with van der Waals surface area (Å²) in [6, 6.07) is 1.87. The van der Waals surface area contributed by atoms with Crippen LogP contribution in [0.1, 0.15) is 40.6 Å². The number of fused-ring (bicyclic) bond motifs is 1. The van der Waals surface area contributed by atoms with Crippen LogP contribution in [0.25, 0.3) is 0 Å². The first kappa shape index (κ1) is 19.3. The first-order chi connectivity index (χ1) is 12.1. The van der Waals surface area contributed by atoms with Crippen molar-refractivity contribution in [3.05, 3.63) is 26.6 Å². The molecule has 0 atom stereocenters. The molecule has 0 aliphatic heterocycles. The highest BCUT2D eigenvalue weighted by molar-refractivity contribution is 8.02. The van der Waals surface area contributed by atoms with Crippen molar-refractivity contribution in [2.45, 2.75) is 32.6 Å². The van der Waals surface area contributed by atoms with Crippen molar-refractivity contribution >= 4 is 40.0 Å². The Labute approximate surface area is 155 Å². The molecule has 0 saturated heterocycles. The zero-order chi connectivity index (χ0) is 18.4. The van der Waals surface area contributed by atoms with Gasteiger partial charge in [-0.1, -0.05) is 0 Å². The summed E-state index contributed by atoms with van der Waals surface area (Å²) in [5, 5.41) is 13.4. The number of anilines is 1. The summed E-state index contributed by atoms with van der Waals surface area (Å²) in [6.45, 7) is 2.06. The molecule has 2 rings (SSSR count). The fourth-order valence-corrected chi connectivity index (χ4v) is 4.57. The van der Waals surface area contributed by atoms with Gasteiger partial charge in [0.1, 0.15) is 11.1 Å². The summed E-state index contributed by atoms with van der Waals surface area (Å²) in [5.41, 5.74) is 1.43. The number of carbonyl (C=O) groups excluding carboxylic acids is 2. The molecule has 1 aliphatic carbocycles. The molecule has 0 amide bonds. The third-order valence-electron chi connectivity index (χ3n) is 3.81. The summed E-state index contributed by atoms with van der Waals surface area (Å²) < 4.78 is 9.87. The van der Waals surface area contributed by atoms with Crippen molar-refractivity contribution in [1.29, 1.82) is 5.26 Å². The highest BCUT2D eigenvalue weighted by Crippen LogP contribution is 2.40. The lowest BCUT2D eigenvalue weighted by atomic mass is 9.95. The van der Waals surface area contributed by atoms with Crippen molar-refractivity contribution in [2.24, 2.45) is 0 Å². The number of nitrogens with one attached hydrogen (secondary N) is 1. The summed E-state index contributed by atoms with van der Waals surface area (Å²) in [4.78, 5) is 25.4. The van der Waals surface area contributed by atoms with Gasteiger partial charge in [0.25, 0.3) is 0 Å². The molecule has 0 fully saturated rings. The normalized spacial score (nSPS) is 14.0. The van der Waals surface area contributed by atoms with E-state index in [-0.39, 0.29) is 11.5 Å². The Kier molecular flexibility index (Phi) is 6.91. The lowest BCUT2D eigenvalue weighted by Crippen LogP contribution is -2.13. The predicted octanol–water partition coefficient (Wildman–Crippen LogP) is 3.49. The molecule has 0 spiro atoms. The van der Waals surface area contributed by atoms with Crippen molar-refractivity contribution in [2.75, 3.05) is 25.3 Å². The highest BCUT2D eigenvalue weighted by atomic mass is 32.2. The van der Waals surface area contributed by atoms with Gasteiger partial charge in [-0.25, -0.2) is 9.59 Å². The van der Waals surface area contributed by atoms with E-state index in [4.69, 9.17) is 4.74 Å². The van der Waals surface area contributed by atoms with Crippen LogP contribution in [0.15, 0.2) is 10.6 Å². The predicted molar refractivity (Wildman–Crippen MR) is 98.7 cm³/mol. The summed E-state index contributed by atoms with van der Waals surface area (Å²) in [7, 11) is 1.23. The number of nitrogens with zero attached hydrogens (tertiary/aromatic N) is 1. The molecule has 1 aliphatic rings. The molecule has 8 heteroatoms. The van der Waals surface area contributed by atoms with Crippen molar-refractivity contribution in [1.82, 2.24) is 0 Å². The average Bonchev–Trinajstić information content (AvgIpc) is 2.99. The number of rotatable bonds is 6. The van der Waals surface area contributed by atoms with Crippen LogP contribution in [-0.4, -0.2) is 31.9 Å². The van der Waals surface area contributed by atoms with Gasteiger partial charge >= 0.3 is 11.9 Å². The molecule has 0 bridgehead atoms. The number of methoxy groups -OCH3 is 1. The SMILES string of the molecule is CCOC(=O)c1c(NC(SC)=C(C#N)C(=O)OC)sc2c1CCCC2. The third kappa shape index (κ3) is 4.17. The highest BCUT2D eigenvalue weighted by Gasteiger charge is 2.27. The van der Waals surface area contributed by atoms with Crippen LogP contribution < -0.4 is 5.32 Å². The average molecular weight is 380 g/mol. The second kappa shape index (κ2) is 8.92. The number of thioether (sulfide) groups is 1. The van der Waals surface area contributed by atoms with Crippen LogP contribution in [0.4, 0.5) is 5.00 Å². The largest absolute Gasteiger partial charge is 0.465 e. The minimum absolute atomic E-state index is 0.115. The molecule has 134 valence electrons. The Balaban J connectivity index is 2.49. The number of hydrogen-bond acceptors (Lipinski definition) is 8. The quantitative estimate of drug-likeness (QED) is 0.459. The maximum Gasteiger partial charge on any atom is 0.351 e. The van der Waals surface area contributed by atoms with E-state index in [9.17, 15) is 14.9 Å². The molecule has 1 N–H and O–H groups in total. The maximum atomic E-state index is 12.5. The van der Waals surface area contributed by atoms with Crippen LogP contribution in [0.3, 0.4) is 0 Å². The topological polar surface area (TPSA) is 88.4 Å². The van der Waals surface area contributed by atoms with Crippen LogP contribution in [0, 0.1) is 11.3 Å². The molecule has 1 aromatic rings. The first-order valence-electron chi connectivity index (χ1n) is 7.92. The van der Waals surface area contributed by atoms with Gasteiger partial charge in [0.05, 0.1) is 24.3 Å². The van der Waals surface area contributed by atoms with E-state index >= 15 is 0 Å². The van der Waals surface area contributed by atoms with Gasteiger partial charge in [0, 0.05) is 4.88 Å². The Hall–Kier alpha value is -1.98. The Bertz CT molecular complexity index is 747. The molecule has 0 unspecified atom stereocenters. The number of nitriles is 1. The standard InChI is InChI=1S/C17H20N2O4S2/c1-4-23-17(21)13-10-7-5-6-8-12(10)25-15(13)19-14(24-3)11(9-18)16(20)22-2/h19H,4-8H2,1-3H3. The fourth-order valence-electron chi connectivity index (χ4n) is 2.68. The van der Waals surface area contributed by atoms with Gasteiger partial charge < -0.3 is 14.8 Å². The van der Waals surface area contributed by atoms with Gasteiger partial charge in [-0.3, -0.25) is 0 Å². The zero-order valence-electron chi connectivity index (χ0n) is 14.4. The molecule has 1 heterocycles. The minimum Gasteiger partial charge on any atom is -0.465 e. The number of aryl methyl sites for hydroxylation is 1. The number of esters is 2. The van der Waals surface area contributed by atoms with Crippen molar-refractivity contribution < 1.29 is 19.1 Å². The number of ether oxygens (including phenoxy) is 2. The lowest BCUT2D eigenvalue weighted by molar-refractivity contribution is -0.135. The van der Waals surface area contributed by atoms with E-state index in [0.29, 0.717) is 22.2 Å². The van der Waals surface area contributed by atoms with E-state index in [1.807, 2.05) is 6.07 Å². The fraction of sp³-hybridized carbons (Fsp3) is 0.471. The van der Waals surface area contributed by atoms with Gasteiger partial charge in [-0.15, -0.1) is 23.1 Å². The summed E-state index contributed by atoms with van der Waals surface area (Å²) in [6.07, 6.45) is 5.63. The van der Waals surface area contributed by atoms with E-state index in [2.05, 4.69) is 10.1 Å². The van der Waals surface area contributed by atoms with Crippen molar-refractivity contribution in [3.63, 3.8) is 0 Å². The Morgan fingerprint density at radius 1 is 1.36 bits per heavy atom. The minimum atomic E-state index is -0.710. The van der Waals surface area contributed by atoms with E-state index in [1.165, 1.54) is 30.2 Å². The molecular formula is C17H20N2O4S2. The van der Waals surface area contributed by atoms with Crippen LogP contribution in [-0.2, 0) is 27.1 Å². The second-order valence-electron chi connectivity index (χ2n) is 5.27. The zero-order valence-corrected chi connectivity index (χ0v) is 16.1. The molecule has 1 aromatic heterocycles. The third-order valence-corrected chi connectivity index (χ3v) is 5.73. The molecule has 6 nitrogen and oxygen atoms in total. The number of carbonyl (C=O) groups is 2. The van der Waals surface area contributed by atoms with Crippen LogP contribution in [0.2, 0.25) is 0 Å². The van der Waals surface area contributed by atoms with E-state index in [1.54, 1.807) is 13.2 Å². The number of thiophene rings is 1. The van der Waals surface area contributed by atoms with Crippen LogP contribution in [0.5, 0.6) is 0 Å². The van der Waals surface area contributed by atoms with Gasteiger partial charge in [0.15, 0.2) is 5.57 Å². The van der Waals surface area contributed by atoms with Crippen LogP contribution >= 0.6 is 23.1 Å². The molecular weight excluding hydrogens is 360 g/mol. The summed E-state index contributed by atoms with van der Waals surface area (Å²) in [5.74, 6) is -1.08. The van der Waals surface area contributed by atoms with Gasteiger partial charge in [0.2, 0.25) is 0 Å².